The first-order valence-electron chi connectivity index (χ1n) is 5.75. The zero-order chi connectivity index (χ0) is 12.1. The first-order chi connectivity index (χ1) is 7.54. The molecule has 1 heterocycles. The predicted molar refractivity (Wildman–Crippen MR) is 59.2 cm³/mol. The Morgan fingerprint density at radius 2 is 2.25 bits per heavy atom. The summed E-state index contributed by atoms with van der Waals surface area (Å²) in [4.78, 5) is 12.9. The van der Waals surface area contributed by atoms with Crippen molar-refractivity contribution in [3.05, 3.63) is 0 Å². The summed E-state index contributed by atoms with van der Waals surface area (Å²) in [5, 5.41) is 18.6. The Hall–Kier alpha value is -0.650. The smallest absolute Gasteiger partial charge is 0.308 e. The summed E-state index contributed by atoms with van der Waals surface area (Å²) in [7, 11) is 0. The number of aliphatic hydroxyl groups excluding tert-OH is 1. The number of rotatable bonds is 6. The lowest BCUT2D eigenvalue weighted by molar-refractivity contribution is -0.142. The predicted octanol–water partition coefficient (Wildman–Crippen LogP) is 0.0363. The molecule has 0 aromatic heterocycles. The number of aliphatic hydroxyl groups is 1. The number of carboxylic acids is 1. The summed E-state index contributed by atoms with van der Waals surface area (Å²) in [6, 6.07) is 0. The lowest BCUT2D eigenvalue weighted by atomic mass is 9.99. The molecule has 0 radical (unpaired) electrons. The van der Waals surface area contributed by atoms with E-state index < -0.39 is 12.1 Å². The normalized spacial score (nSPS) is 28.2. The second-order valence-corrected chi connectivity index (χ2v) is 4.45. The number of carboxylic acid groups (broad SMARTS) is 1. The summed E-state index contributed by atoms with van der Waals surface area (Å²) < 4.78 is 5.11. The van der Waals surface area contributed by atoms with Gasteiger partial charge < -0.3 is 14.9 Å². The molecule has 2 N–H and O–H groups in total. The molecule has 0 aromatic carbocycles. The molecule has 0 aliphatic carbocycles. The van der Waals surface area contributed by atoms with Gasteiger partial charge in [0.15, 0.2) is 0 Å². The molecule has 1 unspecified atom stereocenters. The molecule has 0 amide bonds. The summed E-state index contributed by atoms with van der Waals surface area (Å²) in [5.74, 6) is -0.898. The molecule has 0 spiro atoms. The lowest BCUT2D eigenvalue weighted by Gasteiger charge is -2.19. The Balaban J connectivity index is 2.32. The molecule has 94 valence electrons. The van der Waals surface area contributed by atoms with Crippen molar-refractivity contribution in [3.63, 3.8) is 0 Å². The second kappa shape index (κ2) is 6.18. The maximum Gasteiger partial charge on any atom is 0.308 e. The van der Waals surface area contributed by atoms with Gasteiger partial charge in [-0.1, -0.05) is 6.92 Å². The van der Waals surface area contributed by atoms with E-state index in [-0.39, 0.29) is 11.8 Å². The number of β-amino-alcohol motifs (C(OH)–C–C–N with tert-alkyl or cyclic N) is 1. The Bertz CT molecular complexity index is 234. The van der Waals surface area contributed by atoms with Crippen LogP contribution in [0.2, 0.25) is 0 Å². The summed E-state index contributed by atoms with van der Waals surface area (Å²) in [6.45, 7) is 6.48. The third-order valence-corrected chi connectivity index (χ3v) is 2.99. The largest absolute Gasteiger partial charge is 0.481 e. The molecule has 1 aliphatic heterocycles. The van der Waals surface area contributed by atoms with Crippen LogP contribution in [0.3, 0.4) is 0 Å². The Morgan fingerprint density at radius 3 is 2.75 bits per heavy atom. The van der Waals surface area contributed by atoms with Crippen LogP contribution in [-0.2, 0) is 9.53 Å². The van der Waals surface area contributed by atoms with Gasteiger partial charge in [-0.05, 0) is 12.8 Å². The van der Waals surface area contributed by atoms with Crippen LogP contribution in [0.25, 0.3) is 0 Å². The Morgan fingerprint density at radius 1 is 1.56 bits per heavy atom. The van der Waals surface area contributed by atoms with Gasteiger partial charge in [-0.15, -0.1) is 0 Å². The molecule has 5 nitrogen and oxygen atoms in total. The zero-order valence-corrected chi connectivity index (χ0v) is 9.93. The van der Waals surface area contributed by atoms with Gasteiger partial charge >= 0.3 is 5.97 Å². The van der Waals surface area contributed by atoms with Crippen molar-refractivity contribution in [2.75, 3.05) is 32.8 Å². The van der Waals surface area contributed by atoms with Crippen molar-refractivity contribution in [2.45, 2.75) is 20.0 Å². The number of ether oxygens (including phenoxy) is 1. The molecule has 0 saturated carbocycles. The third kappa shape index (κ3) is 3.73. The monoisotopic (exact) mass is 231 g/mol. The molecule has 1 aliphatic rings. The Labute approximate surface area is 96.0 Å². The van der Waals surface area contributed by atoms with Gasteiger partial charge in [0.1, 0.15) is 0 Å². The highest BCUT2D eigenvalue weighted by atomic mass is 16.5. The molecule has 1 saturated heterocycles. The standard InChI is InChI=1S/C11H21NO4/c1-3-16-7-9(13)5-12-4-8(2)10(6-12)11(14)15/h8-10,13H,3-7H2,1-2H3,(H,14,15)/t8-,9?,10-/m1/s1. The van der Waals surface area contributed by atoms with Gasteiger partial charge in [-0.2, -0.15) is 0 Å². The quantitative estimate of drug-likeness (QED) is 0.675. The number of hydrogen-bond donors (Lipinski definition) is 2. The average Bonchev–Trinajstić information content (AvgIpc) is 2.56. The van der Waals surface area contributed by atoms with E-state index in [4.69, 9.17) is 9.84 Å². The van der Waals surface area contributed by atoms with Crippen LogP contribution in [0.4, 0.5) is 0 Å². The maximum absolute atomic E-state index is 10.9. The molecule has 0 aromatic rings. The number of likely N-dealkylation sites (tertiary alicyclic amines) is 1. The topological polar surface area (TPSA) is 70.0 Å². The minimum Gasteiger partial charge on any atom is -0.481 e. The number of hydrogen-bond acceptors (Lipinski definition) is 4. The second-order valence-electron chi connectivity index (χ2n) is 4.45. The fraction of sp³-hybridized carbons (Fsp3) is 0.909. The van der Waals surface area contributed by atoms with Crippen molar-refractivity contribution < 1.29 is 19.7 Å². The highest BCUT2D eigenvalue weighted by Crippen LogP contribution is 2.23. The SMILES string of the molecule is CCOCC(O)CN1C[C@@H](C)[C@H](C(=O)O)C1. The molecular formula is C11H21NO4. The molecule has 0 bridgehead atoms. The van der Waals surface area contributed by atoms with E-state index in [0.717, 1.165) is 6.54 Å². The van der Waals surface area contributed by atoms with E-state index in [1.807, 2.05) is 18.7 Å². The van der Waals surface area contributed by atoms with Crippen LogP contribution in [-0.4, -0.2) is 60.0 Å². The average molecular weight is 231 g/mol. The van der Waals surface area contributed by atoms with Crippen molar-refractivity contribution in [1.29, 1.82) is 0 Å². The number of aliphatic carboxylic acids is 1. The fourth-order valence-corrected chi connectivity index (χ4v) is 2.14. The molecule has 3 atom stereocenters. The highest BCUT2D eigenvalue weighted by molar-refractivity contribution is 5.71. The third-order valence-electron chi connectivity index (χ3n) is 2.99. The van der Waals surface area contributed by atoms with Crippen LogP contribution in [0.5, 0.6) is 0 Å². The maximum atomic E-state index is 10.9. The summed E-state index contributed by atoms with van der Waals surface area (Å²) >= 11 is 0. The molecule has 16 heavy (non-hydrogen) atoms. The first-order valence-corrected chi connectivity index (χ1v) is 5.75. The fourth-order valence-electron chi connectivity index (χ4n) is 2.14. The van der Waals surface area contributed by atoms with Crippen molar-refractivity contribution in [2.24, 2.45) is 11.8 Å². The van der Waals surface area contributed by atoms with Crippen LogP contribution >= 0.6 is 0 Å². The van der Waals surface area contributed by atoms with E-state index in [9.17, 15) is 9.90 Å². The van der Waals surface area contributed by atoms with Crippen molar-refractivity contribution >= 4 is 5.97 Å². The minimum absolute atomic E-state index is 0.150. The zero-order valence-electron chi connectivity index (χ0n) is 9.93. The van der Waals surface area contributed by atoms with Crippen molar-refractivity contribution in [1.82, 2.24) is 4.90 Å². The van der Waals surface area contributed by atoms with Gasteiger partial charge in [0.2, 0.25) is 0 Å². The lowest BCUT2D eigenvalue weighted by Crippen LogP contribution is -2.34. The van der Waals surface area contributed by atoms with E-state index in [0.29, 0.717) is 26.3 Å². The molecule has 1 rings (SSSR count). The molecule has 5 heteroatoms. The van der Waals surface area contributed by atoms with Gasteiger partial charge in [0, 0.05) is 26.2 Å². The van der Waals surface area contributed by atoms with E-state index in [2.05, 4.69) is 0 Å². The van der Waals surface area contributed by atoms with Crippen LogP contribution < -0.4 is 0 Å². The van der Waals surface area contributed by atoms with Crippen molar-refractivity contribution in [3.8, 4) is 0 Å². The van der Waals surface area contributed by atoms with Crippen LogP contribution in [0, 0.1) is 11.8 Å². The van der Waals surface area contributed by atoms with Gasteiger partial charge in [0.05, 0.1) is 18.6 Å². The van der Waals surface area contributed by atoms with Crippen LogP contribution in [0.15, 0.2) is 0 Å². The minimum atomic E-state index is -0.741. The van der Waals surface area contributed by atoms with E-state index >= 15 is 0 Å². The summed E-state index contributed by atoms with van der Waals surface area (Å²) in [6.07, 6.45) is -0.528. The van der Waals surface area contributed by atoms with E-state index in [1.165, 1.54) is 0 Å². The Kier molecular flexibility index (Phi) is 5.18. The van der Waals surface area contributed by atoms with Gasteiger partial charge in [-0.25, -0.2) is 0 Å². The number of carbonyl (C=O) groups is 1. The van der Waals surface area contributed by atoms with Crippen LogP contribution in [0.1, 0.15) is 13.8 Å². The van der Waals surface area contributed by atoms with E-state index in [1.54, 1.807) is 0 Å². The first kappa shape index (κ1) is 13.4. The van der Waals surface area contributed by atoms with Gasteiger partial charge in [0.25, 0.3) is 0 Å². The summed E-state index contributed by atoms with van der Waals surface area (Å²) in [5.41, 5.74) is 0. The molecule has 1 fully saturated rings. The number of nitrogens with zero attached hydrogens (tertiary/aromatic N) is 1. The highest BCUT2D eigenvalue weighted by Gasteiger charge is 2.35. The van der Waals surface area contributed by atoms with Gasteiger partial charge in [-0.3, -0.25) is 9.69 Å². The molecular weight excluding hydrogens is 210 g/mol.